The van der Waals surface area contributed by atoms with E-state index in [1.807, 2.05) is 12.1 Å². The van der Waals surface area contributed by atoms with Gasteiger partial charge in [0.15, 0.2) is 5.82 Å². The maximum atomic E-state index is 13.7. The number of anilines is 1. The van der Waals surface area contributed by atoms with Gasteiger partial charge < -0.3 is 14.8 Å². The van der Waals surface area contributed by atoms with Gasteiger partial charge in [0, 0.05) is 41.8 Å². The lowest BCUT2D eigenvalue weighted by Gasteiger charge is -2.37. The molecule has 2 atom stereocenters. The van der Waals surface area contributed by atoms with Crippen LogP contribution in [0.5, 0.6) is 0 Å². The molecule has 27 heavy (non-hydrogen) atoms. The van der Waals surface area contributed by atoms with Crippen LogP contribution in [0.3, 0.4) is 0 Å². The molecule has 2 aromatic heterocycles. The van der Waals surface area contributed by atoms with E-state index in [1.165, 1.54) is 25.6 Å². The summed E-state index contributed by atoms with van der Waals surface area (Å²) in [5, 5.41) is 9.73. The Morgan fingerprint density at radius 2 is 2.00 bits per heavy atom. The average Bonchev–Trinajstić information content (AvgIpc) is 3.25. The van der Waals surface area contributed by atoms with Crippen molar-refractivity contribution in [3.8, 4) is 11.3 Å². The summed E-state index contributed by atoms with van der Waals surface area (Å²) in [6, 6.07) is 8.35. The molecule has 0 spiro atoms. The number of H-pyrrole nitrogens is 1. The number of aromatic nitrogens is 3. The zero-order valence-electron chi connectivity index (χ0n) is 15.7. The topological polar surface area (TPSA) is 48.1 Å². The number of benzene rings is 1. The molecule has 2 saturated heterocycles. The molecular weight excluding hydrogens is 341 g/mol. The number of nitrogens with zero attached hydrogens (tertiary/aromatic N) is 4. The Balaban J connectivity index is 1.46. The zero-order chi connectivity index (χ0) is 18.5. The molecule has 3 aromatic rings. The molecular formula is C21H24FN5. The summed E-state index contributed by atoms with van der Waals surface area (Å²) in [5.74, 6) is 1.52. The quantitative estimate of drug-likeness (QED) is 0.754. The SMILES string of the molecule is Cc1cc(N2CC[C@@H]3CCN(C)C[C@@H]32)nnc1-c1ccc2c(F)c[nH]c2c1. The number of likely N-dealkylation sites (tertiary alicyclic amines) is 1. The van der Waals surface area contributed by atoms with E-state index in [9.17, 15) is 4.39 Å². The summed E-state index contributed by atoms with van der Waals surface area (Å²) >= 11 is 0. The fourth-order valence-corrected chi connectivity index (χ4v) is 4.72. The van der Waals surface area contributed by atoms with E-state index in [-0.39, 0.29) is 5.82 Å². The van der Waals surface area contributed by atoms with Gasteiger partial charge in [-0.15, -0.1) is 10.2 Å². The van der Waals surface area contributed by atoms with Crippen LogP contribution in [-0.2, 0) is 0 Å². The van der Waals surface area contributed by atoms with Crippen molar-refractivity contribution >= 4 is 16.7 Å². The zero-order valence-corrected chi connectivity index (χ0v) is 15.7. The van der Waals surface area contributed by atoms with E-state index in [2.05, 4.69) is 45.0 Å². The number of aromatic amines is 1. The third-order valence-corrected chi connectivity index (χ3v) is 6.24. The fourth-order valence-electron chi connectivity index (χ4n) is 4.72. The molecule has 0 amide bonds. The molecule has 2 fully saturated rings. The van der Waals surface area contributed by atoms with Crippen molar-refractivity contribution in [3.63, 3.8) is 0 Å². The number of nitrogens with one attached hydrogen (secondary N) is 1. The highest BCUT2D eigenvalue weighted by Crippen LogP contribution is 2.35. The second kappa shape index (κ2) is 6.30. The molecule has 0 bridgehead atoms. The third kappa shape index (κ3) is 2.79. The highest BCUT2D eigenvalue weighted by Gasteiger charge is 2.38. The van der Waals surface area contributed by atoms with Crippen LogP contribution >= 0.6 is 0 Å². The van der Waals surface area contributed by atoms with Gasteiger partial charge in [0.05, 0.1) is 5.69 Å². The van der Waals surface area contributed by atoms with Gasteiger partial charge in [0.25, 0.3) is 0 Å². The molecule has 0 radical (unpaired) electrons. The van der Waals surface area contributed by atoms with Gasteiger partial charge in [-0.05, 0) is 63.0 Å². The number of halogens is 1. The fraction of sp³-hybridized carbons (Fsp3) is 0.429. The van der Waals surface area contributed by atoms with Gasteiger partial charge in [-0.3, -0.25) is 0 Å². The van der Waals surface area contributed by atoms with Crippen LogP contribution in [-0.4, -0.2) is 52.8 Å². The molecule has 6 heteroatoms. The van der Waals surface area contributed by atoms with Crippen molar-refractivity contribution in [2.24, 2.45) is 5.92 Å². The summed E-state index contributed by atoms with van der Waals surface area (Å²) in [6.07, 6.45) is 3.91. The van der Waals surface area contributed by atoms with E-state index in [0.29, 0.717) is 11.4 Å². The predicted octanol–water partition coefficient (Wildman–Crippen LogP) is 3.60. The number of aryl methyl sites for hydroxylation is 1. The number of likely N-dealkylation sites (N-methyl/N-ethyl adjacent to an activating group) is 1. The molecule has 5 rings (SSSR count). The largest absolute Gasteiger partial charge is 0.359 e. The van der Waals surface area contributed by atoms with Crippen molar-refractivity contribution in [3.05, 3.63) is 41.8 Å². The molecule has 0 saturated carbocycles. The van der Waals surface area contributed by atoms with Gasteiger partial charge in [0.2, 0.25) is 0 Å². The molecule has 5 nitrogen and oxygen atoms in total. The summed E-state index contributed by atoms with van der Waals surface area (Å²) in [6.45, 7) is 5.43. The van der Waals surface area contributed by atoms with Gasteiger partial charge in [-0.1, -0.05) is 6.07 Å². The maximum Gasteiger partial charge on any atom is 0.151 e. The lowest BCUT2D eigenvalue weighted by Crippen LogP contribution is -2.47. The number of piperidine rings is 1. The predicted molar refractivity (Wildman–Crippen MR) is 105 cm³/mol. The van der Waals surface area contributed by atoms with Crippen LogP contribution in [0.15, 0.2) is 30.5 Å². The Morgan fingerprint density at radius 1 is 1.15 bits per heavy atom. The van der Waals surface area contributed by atoms with Gasteiger partial charge in [-0.25, -0.2) is 4.39 Å². The van der Waals surface area contributed by atoms with E-state index in [0.717, 1.165) is 47.2 Å². The van der Waals surface area contributed by atoms with Crippen LogP contribution in [0.2, 0.25) is 0 Å². The number of hydrogen-bond acceptors (Lipinski definition) is 4. The Bertz CT molecular complexity index is 997. The molecule has 140 valence electrons. The smallest absolute Gasteiger partial charge is 0.151 e. The van der Waals surface area contributed by atoms with Crippen molar-refractivity contribution < 1.29 is 4.39 Å². The first kappa shape index (κ1) is 16.7. The van der Waals surface area contributed by atoms with Gasteiger partial charge >= 0.3 is 0 Å². The minimum Gasteiger partial charge on any atom is -0.359 e. The molecule has 4 heterocycles. The first-order valence-corrected chi connectivity index (χ1v) is 9.66. The highest BCUT2D eigenvalue weighted by molar-refractivity contribution is 5.85. The minimum absolute atomic E-state index is 0.226. The first-order chi connectivity index (χ1) is 13.1. The van der Waals surface area contributed by atoms with E-state index < -0.39 is 0 Å². The van der Waals surface area contributed by atoms with Crippen molar-refractivity contribution in [2.45, 2.75) is 25.8 Å². The van der Waals surface area contributed by atoms with Crippen molar-refractivity contribution in [1.82, 2.24) is 20.1 Å². The maximum absolute atomic E-state index is 13.7. The van der Waals surface area contributed by atoms with E-state index in [1.54, 1.807) is 6.07 Å². The van der Waals surface area contributed by atoms with Gasteiger partial charge in [-0.2, -0.15) is 0 Å². The third-order valence-electron chi connectivity index (χ3n) is 6.24. The number of hydrogen-bond donors (Lipinski definition) is 1. The number of rotatable bonds is 2. The second-order valence-corrected chi connectivity index (χ2v) is 7.99. The molecule has 1 aromatic carbocycles. The van der Waals surface area contributed by atoms with E-state index >= 15 is 0 Å². The number of fused-ring (bicyclic) bond motifs is 2. The highest BCUT2D eigenvalue weighted by atomic mass is 19.1. The lowest BCUT2D eigenvalue weighted by atomic mass is 9.92. The molecule has 0 aliphatic carbocycles. The molecule has 0 unspecified atom stereocenters. The summed E-state index contributed by atoms with van der Waals surface area (Å²) in [7, 11) is 2.20. The lowest BCUT2D eigenvalue weighted by molar-refractivity contribution is 0.207. The van der Waals surface area contributed by atoms with Crippen LogP contribution in [0.1, 0.15) is 18.4 Å². The monoisotopic (exact) mass is 365 g/mol. The first-order valence-electron chi connectivity index (χ1n) is 9.66. The Labute approximate surface area is 158 Å². The summed E-state index contributed by atoms with van der Waals surface area (Å²) in [5.41, 5.74) is 3.69. The second-order valence-electron chi connectivity index (χ2n) is 7.99. The van der Waals surface area contributed by atoms with Crippen LogP contribution in [0.25, 0.3) is 22.2 Å². The van der Waals surface area contributed by atoms with E-state index in [4.69, 9.17) is 0 Å². The van der Waals surface area contributed by atoms with Crippen LogP contribution in [0, 0.1) is 18.7 Å². The summed E-state index contributed by atoms with van der Waals surface area (Å²) in [4.78, 5) is 7.83. The Hall–Kier alpha value is -2.47. The molecule has 2 aliphatic heterocycles. The Morgan fingerprint density at radius 3 is 2.85 bits per heavy atom. The minimum atomic E-state index is -0.226. The van der Waals surface area contributed by atoms with Gasteiger partial charge in [0.1, 0.15) is 5.82 Å². The normalized spacial score (nSPS) is 23.1. The standard InChI is InChI=1S/C21H24FN5/c1-13-9-20(27-8-6-14-5-7-26(2)12-19(14)27)24-25-21(13)15-3-4-16-17(22)11-23-18(16)10-15/h3-4,9-11,14,19,23H,5-8,12H2,1-2H3/t14-,19-/m0/s1. The Kier molecular flexibility index (Phi) is 3.90. The molecule has 2 aliphatic rings. The van der Waals surface area contributed by atoms with Crippen LogP contribution < -0.4 is 4.90 Å². The summed E-state index contributed by atoms with van der Waals surface area (Å²) < 4.78 is 13.7. The van der Waals surface area contributed by atoms with Crippen molar-refractivity contribution in [1.29, 1.82) is 0 Å². The molecule has 1 N–H and O–H groups in total. The van der Waals surface area contributed by atoms with Crippen molar-refractivity contribution in [2.75, 3.05) is 31.6 Å². The average molecular weight is 365 g/mol. The van der Waals surface area contributed by atoms with Crippen LogP contribution in [0.4, 0.5) is 10.2 Å².